The molecule has 8 heteroatoms. The molecule has 0 unspecified atom stereocenters. The molecule has 1 N–H and O–H groups in total. The lowest BCUT2D eigenvalue weighted by atomic mass is 10.2. The Kier molecular flexibility index (Phi) is 5.44. The van der Waals surface area contributed by atoms with Crippen LogP contribution < -0.4 is 5.43 Å². The summed E-state index contributed by atoms with van der Waals surface area (Å²) < 4.78 is 0.241. The molecule has 0 saturated carbocycles. The Morgan fingerprint density at radius 2 is 1.80 bits per heavy atom. The topological polar surface area (TPSA) is 49.4 Å². The van der Waals surface area contributed by atoms with Crippen LogP contribution in [0.1, 0.15) is 15.9 Å². The van der Waals surface area contributed by atoms with Gasteiger partial charge >= 0.3 is 0 Å². The molecule has 0 aliphatic carbocycles. The SMILES string of the molecule is O=C(NN1C(=O)C(=Cc2ccc(Cl)cc2)SC1=S)c1ccccc1Cl. The van der Waals surface area contributed by atoms with Crippen molar-refractivity contribution >= 4 is 69.4 Å². The number of benzene rings is 2. The molecule has 0 bridgehead atoms. The number of halogens is 2. The summed E-state index contributed by atoms with van der Waals surface area (Å²) in [4.78, 5) is 25.2. The number of hydrogen-bond donors (Lipinski definition) is 1. The van der Waals surface area contributed by atoms with Crippen molar-refractivity contribution in [3.63, 3.8) is 0 Å². The van der Waals surface area contributed by atoms with Crippen molar-refractivity contribution in [1.82, 2.24) is 10.4 Å². The zero-order chi connectivity index (χ0) is 18.0. The first-order valence-electron chi connectivity index (χ1n) is 7.05. The maximum absolute atomic E-state index is 12.5. The number of nitrogens with zero attached hydrogens (tertiary/aromatic N) is 1. The number of hydrazine groups is 1. The van der Waals surface area contributed by atoms with Gasteiger partial charge in [-0.3, -0.25) is 15.0 Å². The van der Waals surface area contributed by atoms with Crippen LogP contribution in [0.2, 0.25) is 10.0 Å². The fourth-order valence-corrected chi connectivity index (χ4v) is 3.61. The summed E-state index contributed by atoms with van der Waals surface area (Å²) in [7, 11) is 0. The molecule has 0 radical (unpaired) electrons. The van der Waals surface area contributed by atoms with Gasteiger partial charge in [0.15, 0.2) is 4.32 Å². The van der Waals surface area contributed by atoms with Crippen LogP contribution >= 0.6 is 47.2 Å². The lowest BCUT2D eigenvalue weighted by Gasteiger charge is -2.16. The van der Waals surface area contributed by atoms with Crippen molar-refractivity contribution in [2.45, 2.75) is 0 Å². The molecule has 1 heterocycles. The molecule has 1 aliphatic heterocycles. The fraction of sp³-hybridized carbons (Fsp3) is 0. The van der Waals surface area contributed by atoms with E-state index in [2.05, 4.69) is 5.43 Å². The molecule has 1 aliphatic rings. The second kappa shape index (κ2) is 7.58. The fourth-order valence-electron chi connectivity index (χ4n) is 2.08. The molecule has 0 spiro atoms. The highest BCUT2D eigenvalue weighted by molar-refractivity contribution is 8.26. The Hall–Kier alpha value is -1.86. The van der Waals surface area contributed by atoms with E-state index in [4.69, 9.17) is 35.4 Å². The Morgan fingerprint density at radius 3 is 2.48 bits per heavy atom. The van der Waals surface area contributed by atoms with E-state index in [1.54, 1.807) is 54.6 Å². The van der Waals surface area contributed by atoms with E-state index >= 15 is 0 Å². The number of rotatable bonds is 3. The van der Waals surface area contributed by atoms with Gasteiger partial charge in [0.25, 0.3) is 11.8 Å². The van der Waals surface area contributed by atoms with Crippen LogP contribution in [0, 0.1) is 0 Å². The highest BCUT2D eigenvalue weighted by Gasteiger charge is 2.34. The average Bonchev–Trinajstić information content (AvgIpc) is 2.85. The smallest absolute Gasteiger partial charge is 0.267 e. The summed E-state index contributed by atoms with van der Waals surface area (Å²) in [5.74, 6) is -0.903. The number of thiocarbonyl (C=S) groups is 1. The summed E-state index contributed by atoms with van der Waals surface area (Å²) in [5, 5.41) is 1.95. The second-order valence-corrected chi connectivity index (χ2v) is 7.51. The van der Waals surface area contributed by atoms with Gasteiger partial charge in [0.2, 0.25) is 0 Å². The van der Waals surface area contributed by atoms with E-state index in [0.717, 1.165) is 22.3 Å². The van der Waals surface area contributed by atoms with Crippen molar-refractivity contribution in [2.24, 2.45) is 0 Å². The number of thioether (sulfide) groups is 1. The summed E-state index contributed by atoms with van der Waals surface area (Å²) in [5.41, 5.74) is 3.57. The standard InChI is InChI=1S/C17H10Cl2N2O2S2/c18-11-7-5-10(6-8-11)9-14-16(23)21(17(24)25-14)20-15(22)12-3-1-2-4-13(12)19/h1-9H,(H,20,22). The van der Waals surface area contributed by atoms with Crippen LogP contribution in [-0.2, 0) is 4.79 Å². The van der Waals surface area contributed by atoms with Crippen molar-refractivity contribution in [2.75, 3.05) is 0 Å². The molecule has 2 amide bonds. The Labute approximate surface area is 163 Å². The highest BCUT2D eigenvalue weighted by atomic mass is 35.5. The minimum atomic E-state index is -0.505. The first-order chi connectivity index (χ1) is 12.0. The van der Waals surface area contributed by atoms with Gasteiger partial charge in [0, 0.05) is 5.02 Å². The van der Waals surface area contributed by atoms with Gasteiger partial charge in [-0.2, -0.15) is 5.01 Å². The first-order valence-corrected chi connectivity index (χ1v) is 9.03. The van der Waals surface area contributed by atoms with Gasteiger partial charge in [-0.1, -0.05) is 59.2 Å². The van der Waals surface area contributed by atoms with E-state index in [9.17, 15) is 9.59 Å². The Morgan fingerprint density at radius 1 is 1.12 bits per heavy atom. The molecule has 2 aromatic rings. The van der Waals surface area contributed by atoms with E-state index < -0.39 is 11.8 Å². The molecular formula is C17H10Cl2N2O2S2. The molecule has 1 saturated heterocycles. The molecule has 1 fully saturated rings. The quantitative estimate of drug-likeness (QED) is 0.598. The van der Waals surface area contributed by atoms with E-state index in [1.807, 2.05) is 0 Å². The molecular weight excluding hydrogens is 399 g/mol. The predicted octanol–water partition coefficient (Wildman–Crippen LogP) is 4.54. The van der Waals surface area contributed by atoms with Crippen molar-refractivity contribution in [3.05, 3.63) is 74.6 Å². The number of carbonyl (C=O) groups excluding carboxylic acids is 2. The Bertz CT molecular complexity index is 898. The van der Waals surface area contributed by atoms with Crippen LogP contribution in [-0.4, -0.2) is 21.1 Å². The minimum absolute atomic E-state index is 0.241. The van der Waals surface area contributed by atoms with Gasteiger partial charge < -0.3 is 0 Å². The summed E-state index contributed by atoms with van der Waals surface area (Å²) in [6.07, 6.45) is 1.69. The first kappa shape index (κ1) is 17.9. The van der Waals surface area contributed by atoms with Crippen LogP contribution in [0.4, 0.5) is 0 Å². The van der Waals surface area contributed by atoms with Crippen molar-refractivity contribution < 1.29 is 9.59 Å². The van der Waals surface area contributed by atoms with Gasteiger partial charge in [0.05, 0.1) is 15.5 Å². The van der Waals surface area contributed by atoms with Crippen LogP contribution in [0.25, 0.3) is 6.08 Å². The lowest BCUT2D eigenvalue weighted by molar-refractivity contribution is -0.123. The third-order valence-electron chi connectivity index (χ3n) is 3.29. The Balaban J connectivity index is 1.79. The average molecular weight is 409 g/mol. The molecule has 25 heavy (non-hydrogen) atoms. The number of carbonyl (C=O) groups is 2. The van der Waals surface area contributed by atoms with E-state index in [1.165, 1.54) is 0 Å². The number of amides is 2. The summed E-state index contributed by atoms with van der Waals surface area (Å²) >= 11 is 18.2. The van der Waals surface area contributed by atoms with Gasteiger partial charge in [-0.15, -0.1) is 0 Å². The third kappa shape index (κ3) is 4.04. The zero-order valence-corrected chi connectivity index (χ0v) is 15.7. The van der Waals surface area contributed by atoms with E-state index in [0.29, 0.717) is 15.0 Å². The predicted molar refractivity (Wildman–Crippen MR) is 105 cm³/mol. The number of nitrogens with one attached hydrogen (secondary N) is 1. The van der Waals surface area contributed by atoms with Crippen LogP contribution in [0.15, 0.2) is 53.4 Å². The highest BCUT2D eigenvalue weighted by Crippen LogP contribution is 2.31. The maximum atomic E-state index is 12.5. The van der Waals surface area contributed by atoms with Crippen molar-refractivity contribution in [1.29, 1.82) is 0 Å². The van der Waals surface area contributed by atoms with Gasteiger partial charge in [0.1, 0.15) is 0 Å². The molecule has 2 aromatic carbocycles. The van der Waals surface area contributed by atoms with Crippen LogP contribution in [0.5, 0.6) is 0 Å². The molecule has 4 nitrogen and oxygen atoms in total. The van der Waals surface area contributed by atoms with Crippen LogP contribution in [0.3, 0.4) is 0 Å². The normalized spacial score (nSPS) is 15.8. The van der Waals surface area contributed by atoms with E-state index in [-0.39, 0.29) is 9.88 Å². The monoisotopic (exact) mass is 408 g/mol. The van der Waals surface area contributed by atoms with Gasteiger partial charge in [-0.05, 0) is 48.1 Å². The number of hydrogen-bond acceptors (Lipinski definition) is 4. The summed E-state index contributed by atoms with van der Waals surface area (Å²) in [6, 6.07) is 13.6. The maximum Gasteiger partial charge on any atom is 0.285 e. The third-order valence-corrected chi connectivity index (χ3v) is 5.18. The largest absolute Gasteiger partial charge is 0.285 e. The molecule has 0 atom stereocenters. The molecule has 0 aromatic heterocycles. The molecule has 3 rings (SSSR count). The lowest BCUT2D eigenvalue weighted by Crippen LogP contribution is -2.44. The second-order valence-electron chi connectivity index (χ2n) is 4.99. The zero-order valence-electron chi connectivity index (χ0n) is 12.5. The minimum Gasteiger partial charge on any atom is -0.267 e. The molecule has 126 valence electrons. The van der Waals surface area contributed by atoms with Crippen molar-refractivity contribution in [3.8, 4) is 0 Å². The van der Waals surface area contributed by atoms with Gasteiger partial charge in [-0.25, -0.2) is 0 Å². The summed E-state index contributed by atoms with van der Waals surface area (Å²) in [6.45, 7) is 0.